The summed E-state index contributed by atoms with van der Waals surface area (Å²) in [7, 11) is 0. The van der Waals surface area contributed by atoms with E-state index in [1.165, 1.54) is 5.57 Å². The lowest BCUT2D eigenvalue weighted by Crippen LogP contribution is -1.76. The van der Waals surface area contributed by atoms with Gasteiger partial charge in [0.1, 0.15) is 0 Å². The zero-order valence-corrected chi connectivity index (χ0v) is 10.8. The summed E-state index contributed by atoms with van der Waals surface area (Å²) in [5.41, 5.74) is 1.40. The van der Waals surface area contributed by atoms with Gasteiger partial charge in [-0.1, -0.05) is 41.5 Å². The molecule has 0 saturated heterocycles. The summed E-state index contributed by atoms with van der Waals surface area (Å²) < 4.78 is 5.14. The minimum absolute atomic E-state index is 0.900. The molecule has 1 aliphatic rings. The molecule has 0 aromatic carbocycles. The van der Waals surface area contributed by atoms with E-state index in [9.17, 15) is 0 Å². The van der Waals surface area contributed by atoms with Crippen molar-refractivity contribution < 1.29 is 4.74 Å². The van der Waals surface area contributed by atoms with Gasteiger partial charge in [0, 0.05) is 6.42 Å². The van der Waals surface area contributed by atoms with Gasteiger partial charge in [0.05, 0.1) is 12.4 Å². The van der Waals surface area contributed by atoms with Crippen LogP contribution in [0, 0.1) is 0 Å². The summed E-state index contributed by atoms with van der Waals surface area (Å²) in [6.45, 7) is 17.0. The van der Waals surface area contributed by atoms with E-state index in [-0.39, 0.29) is 0 Å². The molecule has 0 aliphatic carbocycles. The molecule has 0 atom stereocenters. The molecule has 0 unspecified atom stereocenters. The smallest absolute Gasteiger partial charge is 0.0919 e. The van der Waals surface area contributed by atoms with Crippen LogP contribution in [0.15, 0.2) is 11.3 Å². The van der Waals surface area contributed by atoms with Crippen LogP contribution >= 0.6 is 0 Å². The van der Waals surface area contributed by atoms with Gasteiger partial charge < -0.3 is 4.74 Å². The predicted molar refractivity (Wildman–Crippen MR) is 63.0 cm³/mol. The van der Waals surface area contributed by atoms with Gasteiger partial charge in [-0.05, 0) is 19.4 Å². The van der Waals surface area contributed by atoms with Crippen molar-refractivity contribution in [3.05, 3.63) is 11.3 Å². The van der Waals surface area contributed by atoms with Gasteiger partial charge in [-0.25, -0.2) is 0 Å². The molecule has 0 N–H and O–H groups in total. The van der Waals surface area contributed by atoms with Crippen LogP contribution in [0.25, 0.3) is 0 Å². The van der Waals surface area contributed by atoms with E-state index < -0.39 is 0 Å². The van der Waals surface area contributed by atoms with Crippen molar-refractivity contribution in [2.75, 3.05) is 6.61 Å². The number of hydrogen-bond donors (Lipinski definition) is 0. The highest BCUT2D eigenvalue weighted by atomic mass is 16.5. The number of allylic oxidation sites excluding steroid dienone is 1. The lowest BCUT2D eigenvalue weighted by atomic mass is 10.2. The normalized spacial score (nSPS) is 12.3. The molecule has 0 amide bonds. The van der Waals surface area contributed by atoms with E-state index >= 15 is 0 Å². The molecule has 0 saturated carbocycles. The Hall–Kier alpha value is -0.460. The van der Waals surface area contributed by atoms with E-state index in [2.05, 4.69) is 6.92 Å². The fourth-order valence-corrected chi connectivity index (χ4v) is 0.656. The molecule has 1 heterocycles. The van der Waals surface area contributed by atoms with Gasteiger partial charge in [0.25, 0.3) is 0 Å². The second-order valence-corrected chi connectivity index (χ2v) is 1.93. The highest BCUT2D eigenvalue weighted by Crippen LogP contribution is 2.16. The third-order valence-electron chi connectivity index (χ3n) is 1.40. The molecule has 0 bridgehead atoms. The second-order valence-electron chi connectivity index (χ2n) is 1.93. The van der Waals surface area contributed by atoms with Gasteiger partial charge in [0.2, 0.25) is 0 Å². The van der Waals surface area contributed by atoms with Crippen LogP contribution in [0.3, 0.4) is 0 Å². The maximum absolute atomic E-state index is 5.14. The first-order valence-electron chi connectivity index (χ1n) is 5.60. The third kappa shape index (κ3) is 11.5. The first-order chi connectivity index (χ1) is 6.30. The average molecular weight is 188 g/mol. The van der Waals surface area contributed by atoms with Crippen LogP contribution in [0.5, 0.6) is 0 Å². The van der Waals surface area contributed by atoms with Crippen LogP contribution in [-0.4, -0.2) is 6.61 Å². The molecule has 0 fully saturated rings. The Bertz CT molecular complexity index is 91.7. The SMILES string of the molecule is CC.CC.CC.CC1=C(C)OCC1. The standard InChI is InChI=1S/C6H10O.3C2H6/c1-5-3-4-7-6(5)2;3*1-2/h3-4H2,1-2H3;3*1-2H3. The molecule has 1 rings (SSSR count). The maximum Gasteiger partial charge on any atom is 0.0919 e. The predicted octanol–water partition coefficient (Wildman–Crippen LogP) is 4.78. The molecular weight excluding hydrogens is 160 g/mol. The van der Waals surface area contributed by atoms with Crippen LogP contribution in [0.1, 0.15) is 61.8 Å². The molecule has 1 aliphatic heterocycles. The van der Waals surface area contributed by atoms with Crippen molar-refractivity contribution in [2.45, 2.75) is 61.8 Å². The maximum atomic E-state index is 5.14. The highest BCUT2D eigenvalue weighted by molar-refractivity contribution is 5.06. The quantitative estimate of drug-likeness (QED) is 0.531. The summed E-state index contributed by atoms with van der Waals surface area (Å²) >= 11 is 0. The second kappa shape index (κ2) is 17.6. The average Bonchev–Trinajstić information content (AvgIpc) is 2.61. The molecule has 13 heavy (non-hydrogen) atoms. The Labute approximate surface area is 85.2 Å². The fraction of sp³-hybridized carbons (Fsp3) is 0.833. The Morgan fingerprint density at radius 3 is 1.31 bits per heavy atom. The van der Waals surface area contributed by atoms with E-state index in [4.69, 9.17) is 4.74 Å². The van der Waals surface area contributed by atoms with Gasteiger partial charge >= 0.3 is 0 Å². The summed E-state index contributed by atoms with van der Waals surface area (Å²) in [5, 5.41) is 0. The van der Waals surface area contributed by atoms with Gasteiger partial charge in [-0.3, -0.25) is 0 Å². The van der Waals surface area contributed by atoms with E-state index in [0.29, 0.717) is 0 Å². The van der Waals surface area contributed by atoms with Crippen LogP contribution < -0.4 is 0 Å². The molecule has 1 heteroatoms. The summed E-state index contributed by atoms with van der Waals surface area (Å²) in [6, 6.07) is 0. The molecule has 0 radical (unpaired) electrons. The van der Waals surface area contributed by atoms with Crippen LogP contribution in [0.2, 0.25) is 0 Å². The monoisotopic (exact) mass is 188 g/mol. The van der Waals surface area contributed by atoms with Crippen molar-refractivity contribution in [1.29, 1.82) is 0 Å². The van der Waals surface area contributed by atoms with Gasteiger partial charge in [-0.2, -0.15) is 0 Å². The van der Waals surface area contributed by atoms with Crippen molar-refractivity contribution in [1.82, 2.24) is 0 Å². The van der Waals surface area contributed by atoms with Crippen LogP contribution in [-0.2, 0) is 4.74 Å². The van der Waals surface area contributed by atoms with E-state index in [0.717, 1.165) is 18.8 Å². The minimum atomic E-state index is 0.900. The summed E-state index contributed by atoms with van der Waals surface area (Å²) in [6.07, 6.45) is 1.13. The summed E-state index contributed by atoms with van der Waals surface area (Å²) in [5.74, 6) is 1.12. The van der Waals surface area contributed by atoms with Crippen molar-refractivity contribution in [3.63, 3.8) is 0 Å². The molecule has 0 aromatic heterocycles. The van der Waals surface area contributed by atoms with E-state index in [1.807, 2.05) is 48.5 Å². The van der Waals surface area contributed by atoms with Crippen molar-refractivity contribution in [3.8, 4) is 0 Å². The Balaban J connectivity index is -0.000000144. The molecule has 1 nitrogen and oxygen atoms in total. The molecular formula is C12H28O. The van der Waals surface area contributed by atoms with Crippen LogP contribution in [0.4, 0.5) is 0 Å². The first-order valence-corrected chi connectivity index (χ1v) is 5.60. The summed E-state index contributed by atoms with van der Waals surface area (Å²) in [4.78, 5) is 0. The molecule has 82 valence electrons. The lowest BCUT2D eigenvalue weighted by Gasteiger charge is -1.91. The fourth-order valence-electron chi connectivity index (χ4n) is 0.656. The van der Waals surface area contributed by atoms with Crippen molar-refractivity contribution >= 4 is 0 Å². The van der Waals surface area contributed by atoms with Gasteiger partial charge in [0.15, 0.2) is 0 Å². The zero-order chi connectivity index (χ0) is 11.3. The third-order valence-corrected chi connectivity index (χ3v) is 1.40. The van der Waals surface area contributed by atoms with Gasteiger partial charge in [-0.15, -0.1) is 0 Å². The lowest BCUT2D eigenvalue weighted by molar-refractivity contribution is 0.246. The minimum Gasteiger partial charge on any atom is -0.498 e. The Morgan fingerprint density at radius 1 is 0.846 bits per heavy atom. The Kier molecular flexibility index (Phi) is 24.8. The Morgan fingerprint density at radius 2 is 1.23 bits per heavy atom. The first kappa shape index (κ1) is 18.3. The number of rotatable bonds is 0. The molecule has 0 aromatic rings. The largest absolute Gasteiger partial charge is 0.498 e. The molecule has 0 spiro atoms. The zero-order valence-electron chi connectivity index (χ0n) is 10.8. The number of hydrogen-bond acceptors (Lipinski definition) is 1. The topological polar surface area (TPSA) is 9.23 Å². The van der Waals surface area contributed by atoms with E-state index in [1.54, 1.807) is 0 Å². The highest BCUT2D eigenvalue weighted by Gasteiger charge is 2.04. The van der Waals surface area contributed by atoms with Crippen molar-refractivity contribution in [2.24, 2.45) is 0 Å². The number of ether oxygens (including phenoxy) is 1.